The van der Waals surface area contributed by atoms with Gasteiger partial charge in [0.05, 0.1) is 0 Å². The predicted molar refractivity (Wildman–Crippen MR) is 145 cm³/mol. The zero-order valence-electron chi connectivity index (χ0n) is 18.8. The van der Waals surface area contributed by atoms with E-state index in [4.69, 9.17) is 23.1 Å². The molecule has 4 heterocycles. The van der Waals surface area contributed by atoms with Gasteiger partial charge >= 0.3 is 5.97 Å². The Kier molecular flexibility index (Phi) is 8.97. The quantitative estimate of drug-likeness (QED) is 0.167. The number of thiazole rings is 1. The van der Waals surface area contributed by atoms with Crippen molar-refractivity contribution in [3.05, 3.63) is 49.6 Å². The van der Waals surface area contributed by atoms with E-state index in [1.165, 1.54) is 23.5 Å². The van der Waals surface area contributed by atoms with Gasteiger partial charge in [-0.1, -0.05) is 34.7 Å². The van der Waals surface area contributed by atoms with E-state index < -0.39 is 35.2 Å². The number of nitrogen functional groups attached to an aromatic ring is 1. The lowest BCUT2D eigenvalue weighted by Crippen LogP contribution is -2.70. The van der Waals surface area contributed by atoms with Gasteiger partial charge in [-0.05, 0) is 16.8 Å². The van der Waals surface area contributed by atoms with Gasteiger partial charge in [-0.3, -0.25) is 19.5 Å². The van der Waals surface area contributed by atoms with Crippen LogP contribution >= 0.6 is 58.2 Å². The molecule has 17 heteroatoms. The van der Waals surface area contributed by atoms with Crippen LogP contribution in [0.3, 0.4) is 0 Å². The van der Waals surface area contributed by atoms with Gasteiger partial charge in [0.2, 0.25) is 6.04 Å². The molecule has 0 spiro atoms. The SMILES string of the molecule is NCCSCc1cnccc1SC1=C(C(=O)O)N2C(=O)C(NC(=O)C(N=O)c3nc(N)sc3Cl)C2SC1. The van der Waals surface area contributed by atoms with Gasteiger partial charge in [-0.2, -0.15) is 11.8 Å². The van der Waals surface area contributed by atoms with E-state index in [1.54, 1.807) is 30.2 Å². The molecule has 12 nitrogen and oxygen atoms in total. The molecule has 196 valence electrons. The van der Waals surface area contributed by atoms with Crippen molar-refractivity contribution >= 4 is 81.1 Å². The van der Waals surface area contributed by atoms with E-state index in [1.807, 2.05) is 0 Å². The number of nitrogens with two attached hydrogens (primary N) is 2. The van der Waals surface area contributed by atoms with Crippen LogP contribution in [0.5, 0.6) is 0 Å². The van der Waals surface area contributed by atoms with Gasteiger partial charge in [-0.15, -0.1) is 16.7 Å². The monoisotopic (exact) mass is 601 g/mol. The normalized spacial score (nSPS) is 19.7. The highest BCUT2D eigenvalue weighted by molar-refractivity contribution is 8.06. The number of pyridine rings is 1. The Hall–Kier alpha value is -2.37. The van der Waals surface area contributed by atoms with Crippen molar-refractivity contribution in [3.63, 3.8) is 0 Å². The fraction of sp³-hybridized carbons (Fsp3) is 0.350. The summed E-state index contributed by atoms with van der Waals surface area (Å²) in [4.78, 5) is 59.9. The molecule has 6 N–H and O–H groups in total. The first-order valence-electron chi connectivity index (χ1n) is 10.6. The lowest BCUT2D eigenvalue weighted by Gasteiger charge is -2.49. The average Bonchev–Trinajstić information content (AvgIpc) is 3.20. The molecule has 0 aliphatic carbocycles. The zero-order valence-corrected chi connectivity index (χ0v) is 22.8. The summed E-state index contributed by atoms with van der Waals surface area (Å²) in [5.41, 5.74) is 11.8. The molecule has 2 amide bonds. The molecule has 3 unspecified atom stereocenters. The van der Waals surface area contributed by atoms with Gasteiger partial charge < -0.3 is 21.9 Å². The number of carbonyl (C=O) groups is 3. The molecule has 1 fully saturated rings. The molecule has 0 radical (unpaired) electrons. The molecular formula is C20H20ClN7O5S4. The number of carboxylic acids is 1. The van der Waals surface area contributed by atoms with Crippen LogP contribution in [-0.4, -0.2) is 67.2 Å². The maximum absolute atomic E-state index is 13.0. The second-order valence-electron chi connectivity index (χ2n) is 7.62. The third-order valence-corrected chi connectivity index (χ3v) is 10.1. The van der Waals surface area contributed by atoms with Crippen molar-refractivity contribution in [1.82, 2.24) is 20.2 Å². The Labute approximate surface area is 232 Å². The number of hydrogen-bond acceptors (Lipinski definition) is 13. The number of nitroso groups, excluding NO2 is 1. The summed E-state index contributed by atoms with van der Waals surface area (Å²) >= 11 is 11.1. The van der Waals surface area contributed by atoms with Crippen LogP contribution in [0.15, 0.2) is 39.1 Å². The number of aliphatic carboxylic acids is 1. The molecule has 0 bridgehead atoms. The van der Waals surface area contributed by atoms with Crippen LogP contribution in [0.4, 0.5) is 5.13 Å². The number of halogens is 1. The maximum Gasteiger partial charge on any atom is 0.353 e. The van der Waals surface area contributed by atoms with Crippen molar-refractivity contribution in [2.45, 2.75) is 28.1 Å². The molecule has 0 aromatic carbocycles. The first-order chi connectivity index (χ1) is 17.8. The van der Waals surface area contributed by atoms with Gasteiger partial charge in [0.15, 0.2) is 5.13 Å². The Morgan fingerprint density at radius 3 is 2.86 bits per heavy atom. The number of fused-ring (bicyclic) bond motifs is 1. The lowest BCUT2D eigenvalue weighted by molar-refractivity contribution is -0.150. The minimum Gasteiger partial charge on any atom is -0.477 e. The van der Waals surface area contributed by atoms with E-state index in [9.17, 15) is 24.4 Å². The van der Waals surface area contributed by atoms with E-state index in [2.05, 4.69) is 20.5 Å². The van der Waals surface area contributed by atoms with E-state index in [0.29, 0.717) is 23.0 Å². The molecule has 2 aromatic heterocycles. The number of thioether (sulfide) groups is 3. The molecule has 4 rings (SSSR count). The highest BCUT2D eigenvalue weighted by Gasteiger charge is 2.55. The summed E-state index contributed by atoms with van der Waals surface area (Å²) in [6.07, 6.45) is 3.35. The smallest absolute Gasteiger partial charge is 0.353 e. The minimum atomic E-state index is -1.60. The Balaban J connectivity index is 1.52. The number of carboxylic acid groups (broad SMARTS) is 1. The number of amides is 2. The lowest BCUT2D eigenvalue weighted by atomic mass is 10.0. The number of nitrogens with zero attached hydrogens (tertiary/aromatic N) is 4. The zero-order chi connectivity index (χ0) is 26.7. The average molecular weight is 602 g/mol. The fourth-order valence-corrected chi connectivity index (χ4v) is 8.03. The summed E-state index contributed by atoms with van der Waals surface area (Å²) in [7, 11) is 0. The molecule has 2 aliphatic rings. The van der Waals surface area contributed by atoms with Crippen LogP contribution in [0, 0.1) is 4.91 Å². The Morgan fingerprint density at radius 2 is 2.22 bits per heavy atom. The molecular weight excluding hydrogens is 582 g/mol. The number of anilines is 1. The third-order valence-electron chi connectivity index (χ3n) is 5.28. The van der Waals surface area contributed by atoms with Gasteiger partial charge in [-0.25, -0.2) is 9.78 Å². The van der Waals surface area contributed by atoms with Gasteiger partial charge in [0.25, 0.3) is 11.8 Å². The van der Waals surface area contributed by atoms with Crippen LogP contribution < -0.4 is 16.8 Å². The number of rotatable bonds is 11. The highest BCUT2D eigenvalue weighted by Crippen LogP contribution is 2.46. The summed E-state index contributed by atoms with van der Waals surface area (Å²) in [6, 6.07) is -0.836. The summed E-state index contributed by atoms with van der Waals surface area (Å²) in [5, 5.41) is 14.7. The minimum absolute atomic E-state index is 0.0422. The predicted octanol–water partition coefficient (Wildman–Crippen LogP) is 2.26. The second-order valence-corrected chi connectivity index (χ2v) is 12.6. The van der Waals surface area contributed by atoms with E-state index in [0.717, 1.165) is 32.4 Å². The van der Waals surface area contributed by atoms with Crippen LogP contribution in [0.25, 0.3) is 0 Å². The summed E-state index contributed by atoms with van der Waals surface area (Å²) < 4.78 is 0.0422. The molecule has 0 saturated carbocycles. The van der Waals surface area contributed by atoms with Crippen molar-refractivity contribution in [3.8, 4) is 0 Å². The van der Waals surface area contributed by atoms with E-state index >= 15 is 0 Å². The van der Waals surface area contributed by atoms with E-state index in [-0.39, 0.29) is 20.9 Å². The standard InChI is InChI=1S/C20H20ClN7O5S4/c21-15-11(26-20(23)37-15)12(27-33)16(29)25-13-17(30)28-14(19(31)32)10(7-35-18(13)28)36-9-1-3-24-5-8(9)6-34-4-2-22/h1,3,5,12-13,18H,2,4,6-7,22H2,(H2,23,26)(H,25,29)(H,31,32). The topological polar surface area (TPSA) is 194 Å². The largest absolute Gasteiger partial charge is 0.477 e. The summed E-state index contributed by atoms with van der Waals surface area (Å²) in [5.74, 6) is -1.00. The number of hydrogen-bond donors (Lipinski definition) is 4. The van der Waals surface area contributed by atoms with Gasteiger partial charge in [0, 0.05) is 46.0 Å². The molecule has 1 saturated heterocycles. The maximum atomic E-state index is 13.0. The van der Waals surface area contributed by atoms with Crippen molar-refractivity contribution in [2.75, 3.05) is 23.8 Å². The Bertz CT molecular complexity index is 1280. The second kappa shape index (κ2) is 12.0. The molecule has 37 heavy (non-hydrogen) atoms. The number of carbonyl (C=O) groups excluding carboxylic acids is 2. The number of β-lactam (4-membered cyclic amide) rings is 1. The fourth-order valence-electron chi connectivity index (χ4n) is 3.64. The van der Waals surface area contributed by atoms with Crippen molar-refractivity contribution < 1.29 is 19.5 Å². The van der Waals surface area contributed by atoms with Crippen LogP contribution in [0.1, 0.15) is 17.3 Å². The molecule has 2 aromatic rings. The first-order valence-corrected chi connectivity index (χ1v) is 14.8. The molecule has 3 atom stereocenters. The number of aromatic nitrogens is 2. The van der Waals surface area contributed by atoms with Crippen molar-refractivity contribution in [2.24, 2.45) is 10.9 Å². The van der Waals surface area contributed by atoms with Gasteiger partial charge in [0.1, 0.15) is 27.1 Å². The Morgan fingerprint density at radius 1 is 1.43 bits per heavy atom. The van der Waals surface area contributed by atoms with Crippen LogP contribution in [0.2, 0.25) is 4.34 Å². The third kappa shape index (κ3) is 5.73. The van der Waals surface area contributed by atoms with Crippen LogP contribution in [-0.2, 0) is 20.1 Å². The first kappa shape index (κ1) is 27.7. The molecule has 2 aliphatic heterocycles. The highest BCUT2D eigenvalue weighted by atomic mass is 35.5. The number of nitrogens with one attached hydrogen (secondary N) is 1. The summed E-state index contributed by atoms with van der Waals surface area (Å²) in [6.45, 7) is 0.545. The van der Waals surface area contributed by atoms with Crippen molar-refractivity contribution in [1.29, 1.82) is 0 Å².